The van der Waals surface area contributed by atoms with Crippen LogP contribution in [0.1, 0.15) is 35.7 Å². The van der Waals surface area contributed by atoms with Crippen molar-refractivity contribution in [3.05, 3.63) is 29.3 Å². The largest absolute Gasteiger partial charge is 0.465 e. The summed E-state index contributed by atoms with van der Waals surface area (Å²) in [5, 5.41) is 4.78. The zero-order valence-corrected chi connectivity index (χ0v) is 11.2. The van der Waals surface area contributed by atoms with Gasteiger partial charge in [0.1, 0.15) is 5.75 Å². The van der Waals surface area contributed by atoms with E-state index in [4.69, 9.17) is 5.14 Å². The van der Waals surface area contributed by atoms with Gasteiger partial charge in [-0.1, -0.05) is 13.8 Å². The minimum absolute atomic E-state index is 0.00290. The van der Waals surface area contributed by atoms with E-state index in [0.29, 0.717) is 11.1 Å². The van der Waals surface area contributed by atoms with Gasteiger partial charge < -0.3 is 8.92 Å². The van der Waals surface area contributed by atoms with Gasteiger partial charge in [0, 0.05) is 0 Å². The molecule has 0 bridgehead atoms. The molecule has 1 aromatic carbocycles. The predicted octanol–water partition coefficient (Wildman–Crippen LogP) is 1.18. The number of carbonyl (C=O) groups is 1. The quantitative estimate of drug-likeness (QED) is 0.831. The number of nitrogens with two attached hydrogens (primary N) is 1. The van der Waals surface area contributed by atoms with Crippen molar-refractivity contribution in [3.8, 4) is 5.75 Å². The molecule has 100 valence electrons. The van der Waals surface area contributed by atoms with Gasteiger partial charge in [0.25, 0.3) is 0 Å². The van der Waals surface area contributed by atoms with E-state index in [2.05, 4.69) is 8.92 Å². The summed E-state index contributed by atoms with van der Waals surface area (Å²) < 4.78 is 30.8. The summed E-state index contributed by atoms with van der Waals surface area (Å²) in [6.45, 7) is 3.73. The van der Waals surface area contributed by atoms with Crippen LogP contribution in [0.25, 0.3) is 0 Å². The number of ether oxygens (including phenoxy) is 1. The second-order valence-electron chi connectivity index (χ2n) is 3.97. The van der Waals surface area contributed by atoms with E-state index in [9.17, 15) is 13.2 Å². The predicted molar refractivity (Wildman–Crippen MR) is 65.6 cm³/mol. The Morgan fingerprint density at radius 3 is 2.39 bits per heavy atom. The molecule has 0 unspecified atom stereocenters. The first-order valence-electron chi connectivity index (χ1n) is 5.19. The lowest BCUT2D eigenvalue weighted by Gasteiger charge is -2.12. The molecule has 7 heteroatoms. The van der Waals surface area contributed by atoms with E-state index in [1.807, 2.05) is 13.8 Å². The molecule has 6 nitrogen and oxygen atoms in total. The summed E-state index contributed by atoms with van der Waals surface area (Å²) >= 11 is 0. The summed E-state index contributed by atoms with van der Waals surface area (Å²) in [5.74, 6) is -0.419. The molecule has 0 amide bonds. The summed E-state index contributed by atoms with van der Waals surface area (Å²) in [4.78, 5) is 11.5. The van der Waals surface area contributed by atoms with Crippen LogP contribution in [0.15, 0.2) is 18.2 Å². The van der Waals surface area contributed by atoms with Gasteiger partial charge in [-0.15, -0.1) is 0 Å². The normalized spacial score (nSPS) is 11.4. The van der Waals surface area contributed by atoms with Crippen molar-refractivity contribution in [2.24, 2.45) is 5.14 Å². The zero-order valence-electron chi connectivity index (χ0n) is 10.3. The van der Waals surface area contributed by atoms with Gasteiger partial charge in [0.05, 0.1) is 12.7 Å². The molecule has 1 rings (SSSR count). The third-order valence-electron chi connectivity index (χ3n) is 2.26. The van der Waals surface area contributed by atoms with E-state index in [-0.39, 0.29) is 11.7 Å². The molecular formula is C11H15NO5S. The van der Waals surface area contributed by atoms with Gasteiger partial charge in [0.15, 0.2) is 0 Å². The third kappa shape index (κ3) is 3.71. The van der Waals surface area contributed by atoms with E-state index in [1.54, 1.807) is 0 Å². The summed E-state index contributed by atoms with van der Waals surface area (Å²) in [6.07, 6.45) is 0. The number of methoxy groups -OCH3 is 1. The maximum Gasteiger partial charge on any atom is 0.380 e. The fourth-order valence-corrected chi connectivity index (χ4v) is 1.87. The maximum absolute atomic E-state index is 11.5. The first-order chi connectivity index (χ1) is 8.24. The molecule has 0 aliphatic carbocycles. The molecule has 0 spiro atoms. The Morgan fingerprint density at radius 2 is 1.94 bits per heavy atom. The van der Waals surface area contributed by atoms with Gasteiger partial charge in [-0.2, -0.15) is 13.6 Å². The Bertz CT molecular complexity index is 551. The lowest BCUT2D eigenvalue weighted by atomic mass is 9.97. The lowest BCUT2D eigenvalue weighted by molar-refractivity contribution is 0.0599. The average molecular weight is 273 g/mol. The number of benzene rings is 1. The standard InChI is InChI=1S/C11H15NO5S/c1-7(2)10-6-8(17-18(12,14)15)4-5-9(10)11(13)16-3/h4-7H,1-3H3,(H2,12,14,15). The SMILES string of the molecule is COC(=O)c1ccc(OS(N)(=O)=O)cc1C(C)C. The van der Waals surface area contributed by atoms with Crippen LogP contribution in [-0.4, -0.2) is 21.5 Å². The minimum atomic E-state index is -4.07. The van der Waals surface area contributed by atoms with Crippen molar-refractivity contribution < 1.29 is 22.1 Å². The highest BCUT2D eigenvalue weighted by atomic mass is 32.2. The first-order valence-corrected chi connectivity index (χ1v) is 6.66. The molecule has 2 N–H and O–H groups in total. The fraction of sp³-hybridized carbons (Fsp3) is 0.364. The molecule has 0 atom stereocenters. The Labute approximate surface area is 106 Å². The second-order valence-corrected chi connectivity index (χ2v) is 5.12. The summed E-state index contributed by atoms with van der Waals surface area (Å²) in [6, 6.07) is 4.26. The molecular weight excluding hydrogens is 258 g/mol. The molecule has 0 aliphatic rings. The molecule has 0 fully saturated rings. The zero-order chi connectivity index (χ0) is 13.9. The van der Waals surface area contributed by atoms with Gasteiger partial charge in [-0.25, -0.2) is 4.79 Å². The molecule has 0 saturated carbocycles. The highest BCUT2D eigenvalue weighted by Gasteiger charge is 2.16. The number of hydrogen-bond donors (Lipinski definition) is 1. The van der Waals surface area contributed by atoms with Crippen LogP contribution in [0, 0.1) is 0 Å². The average Bonchev–Trinajstić information content (AvgIpc) is 2.25. The molecule has 1 aromatic rings. The van der Waals surface area contributed by atoms with Gasteiger partial charge in [0.2, 0.25) is 0 Å². The second kappa shape index (κ2) is 5.36. The molecule has 0 saturated heterocycles. The van der Waals surface area contributed by atoms with Gasteiger partial charge in [-0.05, 0) is 29.7 Å². The number of hydrogen-bond acceptors (Lipinski definition) is 5. The summed E-state index contributed by atoms with van der Waals surface area (Å²) in [5.41, 5.74) is 0.997. The van der Waals surface area contributed by atoms with Crippen LogP contribution in [0.5, 0.6) is 5.75 Å². The number of carbonyl (C=O) groups excluding carboxylic acids is 1. The highest BCUT2D eigenvalue weighted by molar-refractivity contribution is 7.84. The molecule has 0 aromatic heterocycles. The van der Waals surface area contributed by atoms with Crippen LogP contribution in [-0.2, 0) is 15.0 Å². The minimum Gasteiger partial charge on any atom is -0.465 e. The third-order valence-corrected chi connectivity index (χ3v) is 2.69. The van der Waals surface area contributed by atoms with Crippen LogP contribution < -0.4 is 9.32 Å². The van der Waals surface area contributed by atoms with Crippen LogP contribution in [0.2, 0.25) is 0 Å². The van der Waals surface area contributed by atoms with Crippen LogP contribution in [0.3, 0.4) is 0 Å². The Hall–Kier alpha value is -1.60. The van der Waals surface area contributed by atoms with Crippen LogP contribution >= 0.6 is 0 Å². The van der Waals surface area contributed by atoms with Crippen molar-refractivity contribution in [1.29, 1.82) is 0 Å². The molecule has 0 heterocycles. The van der Waals surface area contributed by atoms with Crippen molar-refractivity contribution in [3.63, 3.8) is 0 Å². The lowest BCUT2D eigenvalue weighted by Crippen LogP contribution is -2.19. The Balaban J connectivity index is 3.23. The molecule has 0 aliphatic heterocycles. The maximum atomic E-state index is 11.5. The molecule has 0 radical (unpaired) electrons. The fourth-order valence-electron chi connectivity index (χ4n) is 1.50. The van der Waals surface area contributed by atoms with Gasteiger partial charge in [-0.3, -0.25) is 0 Å². The van der Waals surface area contributed by atoms with Crippen LogP contribution in [0.4, 0.5) is 0 Å². The van der Waals surface area contributed by atoms with E-state index in [1.165, 1.54) is 25.3 Å². The van der Waals surface area contributed by atoms with Crippen molar-refractivity contribution in [2.45, 2.75) is 19.8 Å². The van der Waals surface area contributed by atoms with Gasteiger partial charge >= 0.3 is 16.3 Å². The van der Waals surface area contributed by atoms with E-state index in [0.717, 1.165) is 0 Å². The smallest absolute Gasteiger partial charge is 0.380 e. The van der Waals surface area contributed by atoms with E-state index >= 15 is 0 Å². The Kier molecular flexibility index (Phi) is 4.31. The van der Waals surface area contributed by atoms with Crippen molar-refractivity contribution >= 4 is 16.3 Å². The first kappa shape index (κ1) is 14.5. The molecule has 18 heavy (non-hydrogen) atoms. The van der Waals surface area contributed by atoms with E-state index < -0.39 is 16.3 Å². The highest BCUT2D eigenvalue weighted by Crippen LogP contribution is 2.25. The van der Waals surface area contributed by atoms with Crippen molar-refractivity contribution in [1.82, 2.24) is 0 Å². The number of esters is 1. The van der Waals surface area contributed by atoms with Crippen molar-refractivity contribution in [2.75, 3.05) is 7.11 Å². The number of rotatable bonds is 4. The topological polar surface area (TPSA) is 95.7 Å². The Morgan fingerprint density at radius 1 is 1.33 bits per heavy atom. The summed E-state index contributed by atoms with van der Waals surface area (Å²) in [7, 11) is -2.80. The monoisotopic (exact) mass is 273 g/mol.